The molecule has 0 fully saturated rings. The number of halogens is 2. The summed E-state index contributed by atoms with van der Waals surface area (Å²) in [6, 6.07) is 17.2. The third-order valence-electron chi connectivity index (χ3n) is 3.55. The zero-order chi connectivity index (χ0) is 13.7. The Hall–Kier alpha value is -1.50. The van der Waals surface area contributed by atoms with Gasteiger partial charge in [0.1, 0.15) is 0 Å². The molecule has 0 saturated carbocycles. The van der Waals surface area contributed by atoms with E-state index in [-0.39, 0.29) is 5.82 Å². The quantitative estimate of drug-likeness (QED) is 0.616. The summed E-state index contributed by atoms with van der Waals surface area (Å²) in [6.45, 7) is 0. The van der Waals surface area contributed by atoms with Crippen LogP contribution in [0.25, 0.3) is 10.8 Å². The first-order valence-electron chi connectivity index (χ1n) is 6.28. The van der Waals surface area contributed by atoms with Crippen LogP contribution in [0.2, 0.25) is 0 Å². The zero-order valence-corrected chi connectivity index (χ0v) is 13.0. The number of anilines is 2. The van der Waals surface area contributed by atoms with Crippen molar-refractivity contribution in [2.75, 3.05) is 5.32 Å². The van der Waals surface area contributed by atoms with Crippen LogP contribution in [0.3, 0.4) is 0 Å². The summed E-state index contributed by atoms with van der Waals surface area (Å²) in [4.78, 5) is 0. The molecule has 0 aromatic heterocycles. The van der Waals surface area contributed by atoms with Crippen LogP contribution in [0, 0.1) is 5.82 Å². The number of hydrogen-bond donors (Lipinski definition) is 1. The maximum absolute atomic E-state index is 13.4. The van der Waals surface area contributed by atoms with Gasteiger partial charge >= 0.3 is 125 Å². The molecule has 4 rings (SSSR count). The van der Waals surface area contributed by atoms with E-state index < -0.39 is 13.7 Å². The topological polar surface area (TPSA) is 12.0 Å². The van der Waals surface area contributed by atoms with Crippen molar-refractivity contribution in [3.8, 4) is 0 Å². The van der Waals surface area contributed by atoms with Crippen LogP contribution < -0.4 is 14.0 Å². The molecule has 1 aliphatic heterocycles. The number of benzene rings is 3. The van der Waals surface area contributed by atoms with Crippen LogP contribution in [0.5, 0.6) is 0 Å². The Labute approximate surface area is 124 Å². The SMILES string of the molecule is Fc1ccc2c(c1)Nc1c(ccc3ccccc13)[As]2Cl. The summed E-state index contributed by atoms with van der Waals surface area (Å²) in [5.74, 6) is -0.237. The van der Waals surface area contributed by atoms with Gasteiger partial charge in [0.2, 0.25) is 0 Å². The van der Waals surface area contributed by atoms with Crippen LogP contribution in [0.1, 0.15) is 0 Å². The molecule has 0 bridgehead atoms. The molecule has 1 unspecified atom stereocenters. The predicted molar refractivity (Wildman–Crippen MR) is 84.5 cm³/mol. The van der Waals surface area contributed by atoms with Crippen molar-refractivity contribution >= 4 is 54.5 Å². The molecule has 0 amide bonds. The van der Waals surface area contributed by atoms with Crippen molar-refractivity contribution in [2.24, 2.45) is 0 Å². The molecule has 0 spiro atoms. The Morgan fingerprint density at radius 2 is 1.75 bits per heavy atom. The molecule has 0 saturated heterocycles. The van der Waals surface area contributed by atoms with Gasteiger partial charge in [-0.25, -0.2) is 0 Å². The second-order valence-corrected chi connectivity index (χ2v) is 9.70. The number of hydrogen-bond acceptors (Lipinski definition) is 1. The summed E-state index contributed by atoms with van der Waals surface area (Å²) >= 11 is -1.85. The first kappa shape index (κ1) is 12.3. The minimum atomic E-state index is -1.85. The van der Waals surface area contributed by atoms with Crippen molar-refractivity contribution in [2.45, 2.75) is 0 Å². The molecule has 1 heterocycles. The Kier molecular flexibility index (Phi) is 2.76. The van der Waals surface area contributed by atoms with Crippen molar-refractivity contribution in [3.63, 3.8) is 0 Å². The van der Waals surface area contributed by atoms with E-state index in [1.54, 1.807) is 0 Å². The van der Waals surface area contributed by atoms with Crippen molar-refractivity contribution in [3.05, 3.63) is 60.4 Å². The van der Waals surface area contributed by atoms with Gasteiger partial charge in [0.05, 0.1) is 0 Å². The molecule has 20 heavy (non-hydrogen) atoms. The van der Waals surface area contributed by atoms with E-state index in [2.05, 4.69) is 29.6 Å². The molecule has 1 nitrogen and oxygen atoms in total. The van der Waals surface area contributed by atoms with E-state index >= 15 is 0 Å². The van der Waals surface area contributed by atoms with Gasteiger partial charge in [0, 0.05) is 0 Å². The van der Waals surface area contributed by atoms with Crippen molar-refractivity contribution in [1.29, 1.82) is 0 Å². The normalized spacial score (nSPS) is 16.4. The monoisotopic (exact) mass is 345 g/mol. The molecule has 1 atom stereocenters. The Balaban J connectivity index is 2.00. The molecule has 4 heteroatoms. The van der Waals surface area contributed by atoms with E-state index in [4.69, 9.17) is 9.95 Å². The number of rotatable bonds is 0. The van der Waals surface area contributed by atoms with E-state index in [0.29, 0.717) is 0 Å². The van der Waals surface area contributed by atoms with Crippen LogP contribution in [0.15, 0.2) is 54.6 Å². The second kappa shape index (κ2) is 4.51. The summed E-state index contributed by atoms with van der Waals surface area (Å²) in [5.41, 5.74) is 1.85. The van der Waals surface area contributed by atoms with Gasteiger partial charge < -0.3 is 0 Å². The standard InChI is InChI=1S/C16H10AsClFN/c18-17-13-8-6-11(19)9-15(13)20-16-12-4-2-1-3-10(12)5-7-14(16)17/h1-9,20H. The van der Waals surface area contributed by atoms with Gasteiger partial charge in [0.25, 0.3) is 0 Å². The minimum absolute atomic E-state index is 0.237. The first-order valence-corrected chi connectivity index (χ1v) is 10.6. The molecule has 98 valence electrons. The van der Waals surface area contributed by atoms with Crippen LogP contribution in [0.4, 0.5) is 15.8 Å². The number of fused-ring (bicyclic) bond motifs is 4. The summed E-state index contributed by atoms with van der Waals surface area (Å²) in [5, 5.41) is 5.67. The molecule has 0 radical (unpaired) electrons. The van der Waals surface area contributed by atoms with Gasteiger partial charge in [-0.1, -0.05) is 0 Å². The van der Waals surface area contributed by atoms with Crippen LogP contribution in [-0.2, 0) is 0 Å². The molecular formula is C16H10AsClFN. The molecule has 1 aliphatic rings. The Morgan fingerprint density at radius 3 is 2.65 bits per heavy atom. The third-order valence-corrected chi connectivity index (χ3v) is 8.82. The van der Waals surface area contributed by atoms with Crippen molar-refractivity contribution < 1.29 is 4.39 Å². The first-order chi connectivity index (χ1) is 9.74. The predicted octanol–water partition coefficient (Wildman–Crippen LogP) is 3.38. The average Bonchev–Trinajstić information content (AvgIpc) is 2.47. The van der Waals surface area contributed by atoms with Gasteiger partial charge in [-0.15, -0.1) is 0 Å². The summed E-state index contributed by atoms with van der Waals surface area (Å²) in [6.07, 6.45) is 0. The van der Waals surface area contributed by atoms with E-state index in [0.717, 1.165) is 26.5 Å². The fourth-order valence-corrected chi connectivity index (χ4v) is 6.98. The fraction of sp³-hybridized carbons (Fsp3) is 0. The second-order valence-electron chi connectivity index (χ2n) is 4.75. The van der Waals surface area contributed by atoms with Crippen LogP contribution in [-0.4, -0.2) is 13.7 Å². The molecule has 0 aliphatic carbocycles. The van der Waals surface area contributed by atoms with Gasteiger partial charge in [-0.05, 0) is 0 Å². The molecular weight excluding hydrogens is 336 g/mol. The van der Waals surface area contributed by atoms with E-state index in [1.165, 1.54) is 16.5 Å². The zero-order valence-electron chi connectivity index (χ0n) is 10.4. The van der Waals surface area contributed by atoms with E-state index in [1.807, 2.05) is 18.2 Å². The van der Waals surface area contributed by atoms with Crippen molar-refractivity contribution in [1.82, 2.24) is 0 Å². The average molecular weight is 346 g/mol. The van der Waals surface area contributed by atoms with Gasteiger partial charge in [-0.3, -0.25) is 0 Å². The van der Waals surface area contributed by atoms with Gasteiger partial charge in [-0.2, -0.15) is 0 Å². The Bertz CT molecular complexity index is 834. The fourth-order valence-electron chi connectivity index (χ4n) is 2.60. The number of nitrogens with one attached hydrogen (secondary N) is 1. The maximum atomic E-state index is 13.4. The third kappa shape index (κ3) is 1.76. The van der Waals surface area contributed by atoms with E-state index in [9.17, 15) is 4.39 Å². The van der Waals surface area contributed by atoms with Gasteiger partial charge in [0.15, 0.2) is 0 Å². The molecule has 1 N–H and O–H groups in total. The van der Waals surface area contributed by atoms with Crippen LogP contribution >= 0.6 is 9.95 Å². The summed E-state index contributed by atoms with van der Waals surface area (Å²) < 4.78 is 15.7. The molecule has 3 aromatic carbocycles. The Morgan fingerprint density at radius 1 is 0.950 bits per heavy atom. The molecule has 3 aromatic rings. The summed E-state index contributed by atoms with van der Waals surface area (Å²) in [7, 11) is 6.71.